The Morgan fingerprint density at radius 2 is 2.11 bits per heavy atom. The summed E-state index contributed by atoms with van der Waals surface area (Å²) in [5.41, 5.74) is 2.70. The standard InChI is InChI=1S/C15H24N2O/c1-3-4-13-5-7-15(8-6-13)17(2)11-14-12-18-10-9-16-14/h5-8,14,16H,3-4,9-12H2,1-2H3. The lowest BCUT2D eigenvalue weighted by atomic mass is 10.1. The van der Waals surface area contributed by atoms with Gasteiger partial charge in [0.2, 0.25) is 0 Å². The Hall–Kier alpha value is -1.06. The van der Waals surface area contributed by atoms with Crippen LogP contribution in [-0.2, 0) is 11.2 Å². The first-order valence-corrected chi connectivity index (χ1v) is 6.91. The van der Waals surface area contributed by atoms with E-state index in [0.29, 0.717) is 6.04 Å². The Morgan fingerprint density at radius 1 is 1.33 bits per heavy atom. The van der Waals surface area contributed by atoms with Crippen LogP contribution in [0, 0.1) is 0 Å². The third kappa shape index (κ3) is 3.72. The average Bonchev–Trinajstić information content (AvgIpc) is 2.41. The Labute approximate surface area is 110 Å². The molecule has 0 aromatic heterocycles. The maximum absolute atomic E-state index is 5.48. The molecule has 1 aromatic rings. The second kappa shape index (κ2) is 6.76. The number of rotatable bonds is 5. The molecule has 1 fully saturated rings. The highest BCUT2D eigenvalue weighted by Gasteiger charge is 2.15. The first-order valence-electron chi connectivity index (χ1n) is 6.91. The number of anilines is 1. The molecule has 18 heavy (non-hydrogen) atoms. The summed E-state index contributed by atoms with van der Waals surface area (Å²) in [4.78, 5) is 2.29. The van der Waals surface area contributed by atoms with E-state index >= 15 is 0 Å². The largest absolute Gasteiger partial charge is 0.378 e. The molecule has 0 radical (unpaired) electrons. The van der Waals surface area contributed by atoms with Crippen molar-refractivity contribution in [2.75, 3.05) is 38.3 Å². The van der Waals surface area contributed by atoms with Crippen LogP contribution in [0.4, 0.5) is 5.69 Å². The molecule has 1 N–H and O–H groups in total. The van der Waals surface area contributed by atoms with Crippen molar-refractivity contribution in [3.63, 3.8) is 0 Å². The minimum Gasteiger partial charge on any atom is -0.378 e. The summed E-state index contributed by atoms with van der Waals surface area (Å²) in [5.74, 6) is 0. The lowest BCUT2D eigenvalue weighted by Crippen LogP contribution is -2.47. The molecule has 1 unspecified atom stereocenters. The summed E-state index contributed by atoms with van der Waals surface area (Å²) in [5, 5.41) is 3.48. The van der Waals surface area contributed by atoms with Crippen molar-refractivity contribution in [1.29, 1.82) is 0 Å². The van der Waals surface area contributed by atoms with Gasteiger partial charge in [-0.1, -0.05) is 25.5 Å². The first kappa shape index (κ1) is 13.4. The van der Waals surface area contributed by atoms with E-state index in [1.165, 1.54) is 24.1 Å². The van der Waals surface area contributed by atoms with Crippen LogP contribution in [0.15, 0.2) is 24.3 Å². The molecule has 3 heteroatoms. The second-order valence-corrected chi connectivity index (χ2v) is 5.02. The van der Waals surface area contributed by atoms with Gasteiger partial charge in [0.15, 0.2) is 0 Å². The summed E-state index contributed by atoms with van der Waals surface area (Å²) in [6, 6.07) is 9.35. The normalized spacial score (nSPS) is 19.8. The summed E-state index contributed by atoms with van der Waals surface area (Å²) in [7, 11) is 2.14. The third-order valence-electron chi connectivity index (χ3n) is 3.41. The quantitative estimate of drug-likeness (QED) is 0.863. The van der Waals surface area contributed by atoms with Crippen molar-refractivity contribution in [2.24, 2.45) is 0 Å². The molecule has 100 valence electrons. The minimum absolute atomic E-state index is 0.444. The molecule has 0 saturated carbocycles. The predicted octanol–water partition coefficient (Wildman–Crippen LogP) is 2.06. The zero-order valence-corrected chi connectivity index (χ0v) is 11.5. The molecule has 2 rings (SSSR count). The lowest BCUT2D eigenvalue weighted by Gasteiger charge is -2.29. The smallest absolute Gasteiger partial charge is 0.0637 e. The van der Waals surface area contributed by atoms with E-state index in [1.54, 1.807) is 0 Å². The molecule has 1 aliphatic rings. The number of ether oxygens (including phenoxy) is 1. The fraction of sp³-hybridized carbons (Fsp3) is 0.600. The van der Waals surface area contributed by atoms with E-state index in [0.717, 1.165) is 26.3 Å². The minimum atomic E-state index is 0.444. The monoisotopic (exact) mass is 248 g/mol. The Kier molecular flexibility index (Phi) is 5.02. The molecule has 0 spiro atoms. The van der Waals surface area contributed by atoms with Gasteiger partial charge in [0.1, 0.15) is 0 Å². The van der Waals surface area contributed by atoms with Crippen molar-refractivity contribution in [1.82, 2.24) is 5.32 Å². The van der Waals surface area contributed by atoms with Gasteiger partial charge in [0, 0.05) is 31.9 Å². The van der Waals surface area contributed by atoms with Crippen LogP contribution in [-0.4, -0.2) is 39.4 Å². The van der Waals surface area contributed by atoms with Gasteiger partial charge in [-0.05, 0) is 24.1 Å². The molecule has 1 saturated heterocycles. The number of hydrogen-bond donors (Lipinski definition) is 1. The maximum Gasteiger partial charge on any atom is 0.0637 e. The first-order chi connectivity index (χ1) is 8.79. The van der Waals surface area contributed by atoms with Gasteiger partial charge in [-0.3, -0.25) is 0 Å². The van der Waals surface area contributed by atoms with Crippen molar-refractivity contribution < 1.29 is 4.74 Å². The van der Waals surface area contributed by atoms with Crippen molar-refractivity contribution >= 4 is 5.69 Å². The summed E-state index contributed by atoms with van der Waals surface area (Å²) in [6.07, 6.45) is 2.38. The van der Waals surface area contributed by atoms with Crippen molar-refractivity contribution in [3.05, 3.63) is 29.8 Å². The highest BCUT2D eigenvalue weighted by Crippen LogP contribution is 2.15. The topological polar surface area (TPSA) is 24.5 Å². The zero-order valence-electron chi connectivity index (χ0n) is 11.5. The van der Waals surface area contributed by atoms with Crippen LogP contribution in [0.25, 0.3) is 0 Å². The van der Waals surface area contributed by atoms with Gasteiger partial charge < -0.3 is 15.0 Å². The highest BCUT2D eigenvalue weighted by atomic mass is 16.5. The Balaban J connectivity index is 1.89. The summed E-state index contributed by atoms with van der Waals surface area (Å²) >= 11 is 0. The fourth-order valence-corrected chi connectivity index (χ4v) is 2.38. The summed E-state index contributed by atoms with van der Waals surface area (Å²) in [6.45, 7) is 5.83. The van der Waals surface area contributed by atoms with Gasteiger partial charge in [-0.25, -0.2) is 0 Å². The van der Waals surface area contributed by atoms with Crippen molar-refractivity contribution in [3.8, 4) is 0 Å². The molecule has 1 atom stereocenters. The van der Waals surface area contributed by atoms with Gasteiger partial charge in [0.05, 0.1) is 13.2 Å². The number of hydrogen-bond acceptors (Lipinski definition) is 3. The van der Waals surface area contributed by atoms with Gasteiger partial charge in [0.25, 0.3) is 0 Å². The summed E-state index contributed by atoms with van der Waals surface area (Å²) < 4.78 is 5.48. The van der Waals surface area contributed by atoms with Crippen LogP contribution in [0.2, 0.25) is 0 Å². The van der Waals surface area contributed by atoms with E-state index in [9.17, 15) is 0 Å². The molecular weight excluding hydrogens is 224 g/mol. The highest BCUT2D eigenvalue weighted by molar-refractivity contribution is 5.47. The molecular formula is C15H24N2O. The lowest BCUT2D eigenvalue weighted by molar-refractivity contribution is 0.0791. The Bertz CT molecular complexity index is 344. The average molecular weight is 248 g/mol. The number of nitrogens with one attached hydrogen (secondary N) is 1. The number of likely N-dealkylation sites (N-methyl/N-ethyl adjacent to an activating group) is 1. The SMILES string of the molecule is CCCc1ccc(N(C)CC2COCCN2)cc1. The van der Waals surface area contributed by atoms with Crippen LogP contribution in [0.3, 0.4) is 0 Å². The molecule has 0 aliphatic carbocycles. The van der Waals surface area contributed by atoms with E-state index in [1.807, 2.05) is 0 Å². The number of nitrogens with zero attached hydrogens (tertiary/aromatic N) is 1. The number of benzene rings is 1. The van der Waals surface area contributed by atoms with Gasteiger partial charge >= 0.3 is 0 Å². The van der Waals surface area contributed by atoms with E-state index in [2.05, 4.69) is 48.5 Å². The zero-order chi connectivity index (χ0) is 12.8. The molecule has 0 amide bonds. The predicted molar refractivity (Wildman–Crippen MR) is 76.3 cm³/mol. The molecule has 1 heterocycles. The van der Waals surface area contributed by atoms with Crippen LogP contribution in [0.1, 0.15) is 18.9 Å². The van der Waals surface area contributed by atoms with E-state index < -0.39 is 0 Å². The fourth-order valence-electron chi connectivity index (χ4n) is 2.38. The van der Waals surface area contributed by atoms with Crippen molar-refractivity contribution in [2.45, 2.75) is 25.8 Å². The van der Waals surface area contributed by atoms with Gasteiger partial charge in [-0.15, -0.1) is 0 Å². The maximum atomic E-state index is 5.48. The van der Waals surface area contributed by atoms with E-state index in [4.69, 9.17) is 4.74 Å². The van der Waals surface area contributed by atoms with Crippen LogP contribution in [0.5, 0.6) is 0 Å². The molecule has 1 aliphatic heterocycles. The molecule has 3 nitrogen and oxygen atoms in total. The number of morpholine rings is 1. The Morgan fingerprint density at radius 3 is 2.72 bits per heavy atom. The van der Waals surface area contributed by atoms with Crippen LogP contribution < -0.4 is 10.2 Å². The van der Waals surface area contributed by atoms with Crippen LogP contribution >= 0.6 is 0 Å². The molecule has 0 bridgehead atoms. The number of aryl methyl sites for hydroxylation is 1. The van der Waals surface area contributed by atoms with Gasteiger partial charge in [-0.2, -0.15) is 0 Å². The molecule has 1 aromatic carbocycles. The van der Waals surface area contributed by atoms with E-state index in [-0.39, 0.29) is 0 Å². The second-order valence-electron chi connectivity index (χ2n) is 5.02. The third-order valence-corrected chi connectivity index (χ3v) is 3.41.